The third-order valence-electron chi connectivity index (χ3n) is 3.17. The second-order valence-electron chi connectivity index (χ2n) is 4.80. The van der Waals surface area contributed by atoms with Gasteiger partial charge in [0.25, 0.3) is 0 Å². The van der Waals surface area contributed by atoms with Crippen molar-refractivity contribution in [2.24, 2.45) is 0 Å². The van der Waals surface area contributed by atoms with Crippen LogP contribution in [0.3, 0.4) is 0 Å². The van der Waals surface area contributed by atoms with E-state index in [2.05, 4.69) is 9.88 Å². The number of rotatable bonds is 5. The molecule has 3 nitrogen and oxygen atoms in total. The standard InChI is InChI=1S/C14H19FN2O/c1-17(2)8-6-11-9-16-14-10(5-7-15)3-4-12(18)13(11)14/h3-4,9,16,18H,5-8H2,1-2H3. The maximum absolute atomic E-state index is 12.5. The topological polar surface area (TPSA) is 39.3 Å². The molecule has 0 aliphatic rings. The molecule has 0 aliphatic carbocycles. The van der Waals surface area contributed by atoms with Crippen LogP contribution in [0.25, 0.3) is 10.9 Å². The molecule has 0 atom stereocenters. The van der Waals surface area contributed by atoms with Gasteiger partial charge in [-0.1, -0.05) is 6.07 Å². The van der Waals surface area contributed by atoms with Crippen molar-refractivity contribution >= 4 is 10.9 Å². The number of hydrogen-bond acceptors (Lipinski definition) is 2. The number of H-pyrrole nitrogens is 1. The van der Waals surface area contributed by atoms with Crippen LogP contribution >= 0.6 is 0 Å². The Morgan fingerprint density at radius 3 is 2.67 bits per heavy atom. The summed E-state index contributed by atoms with van der Waals surface area (Å²) in [5.41, 5.74) is 2.86. The van der Waals surface area contributed by atoms with Gasteiger partial charge in [-0.05, 0) is 37.7 Å². The van der Waals surface area contributed by atoms with Crippen molar-refractivity contribution in [3.8, 4) is 5.75 Å². The average Bonchev–Trinajstić information content (AvgIpc) is 2.75. The third kappa shape index (κ3) is 2.48. The number of likely N-dealkylation sites (N-methyl/N-ethyl adjacent to an activating group) is 1. The number of halogens is 1. The van der Waals surface area contributed by atoms with Crippen molar-refractivity contribution in [3.63, 3.8) is 0 Å². The van der Waals surface area contributed by atoms with Gasteiger partial charge in [-0.15, -0.1) is 0 Å². The molecule has 1 heterocycles. The molecule has 2 aromatic rings. The van der Waals surface area contributed by atoms with Crippen LogP contribution in [0.4, 0.5) is 4.39 Å². The fourth-order valence-electron chi connectivity index (χ4n) is 2.21. The van der Waals surface area contributed by atoms with Gasteiger partial charge < -0.3 is 15.0 Å². The second kappa shape index (κ2) is 5.40. The fourth-order valence-corrected chi connectivity index (χ4v) is 2.21. The van der Waals surface area contributed by atoms with Gasteiger partial charge in [-0.25, -0.2) is 0 Å². The Morgan fingerprint density at radius 2 is 2.00 bits per heavy atom. The van der Waals surface area contributed by atoms with E-state index in [0.29, 0.717) is 6.42 Å². The Bertz CT molecular complexity index is 534. The first-order chi connectivity index (χ1) is 8.63. The van der Waals surface area contributed by atoms with Crippen LogP contribution in [0.1, 0.15) is 11.1 Å². The summed E-state index contributed by atoms with van der Waals surface area (Å²) in [5.74, 6) is 0.266. The highest BCUT2D eigenvalue weighted by molar-refractivity contribution is 5.91. The Morgan fingerprint density at radius 1 is 1.22 bits per heavy atom. The zero-order valence-corrected chi connectivity index (χ0v) is 10.8. The number of phenols is 1. The Balaban J connectivity index is 2.41. The lowest BCUT2D eigenvalue weighted by Gasteiger charge is -2.09. The zero-order valence-electron chi connectivity index (χ0n) is 10.8. The monoisotopic (exact) mass is 250 g/mol. The molecule has 1 aromatic carbocycles. The summed E-state index contributed by atoms with van der Waals surface area (Å²) in [7, 11) is 4.03. The van der Waals surface area contributed by atoms with E-state index in [9.17, 15) is 9.50 Å². The first-order valence-electron chi connectivity index (χ1n) is 6.15. The van der Waals surface area contributed by atoms with Crippen LogP contribution in [0.2, 0.25) is 0 Å². The molecule has 0 fully saturated rings. The van der Waals surface area contributed by atoms with E-state index in [1.54, 1.807) is 12.1 Å². The van der Waals surface area contributed by atoms with Gasteiger partial charge >= 0.3 is 0 Å². The third-order valence-corrected chi connectivity index (χ3v) is 3.17. The summed E-state index contributed by atoms with van der Waals surface area (Å²) in [6.07, 6.45) is 3.15. The number of nitrogens with zero attached hydrogens (tertiary/aromatic N) is 1. The van der Waals surface area contributed by atoms with Crippen LogP contribution < -0.4 is 0 Å². The van der Waals surface area contributed by atoms with Gasteiger partial charge in [0.1, 0.15) is 5.75 Å². The van der Waals surface area contributed by atoms with Gasteiger partial charge in [-0.3, -0.25) is 4.39 Å². The summed E-state index contributed by atoms with van der Waals surface area (Å²) in [6, 6.07) is 3.43. The molecule has 18 heavy (non-hydrogen) atoms. The molecule has 1 aromatic heterocycles. The molecule has 0 spiro atoms. The summed E-state index contributed by atoms with van der Waals surface area (Å²) in [6.45, 7) is 0.533. The number of benzene rings is 1. The molecule has 0 bridgehead atoms. The van der Waals surface area contributed by atoms with Crippen LogP contribution in [0.5, 0.6) is 5.75 Å². The van der Waals surface area contributed by atoms with E-state index >= 15 is 0 Å². The molecule has 0 radical (unpaired) electrons. The minimum absolute atomic E-state index is 0.266. The van der Waals surface area contributed by atoms with Crippen molar-refractivity contribution < 1.29 is 9.50 Å². The van der Waals surface area contributed by atoms with Crippen molar-refractivity contribution in [3.05, 3.63) is 29.5 Å². The second-order valence-corrected chi connectivity index (χ2v) is 4.80. The lowest BCUT2D eigenvalue weighted by molar-refractivity contribution is 0.414. The molecule has 4 heteroatoms. The SMILES string of the molecule is CN(C)CCc1c[nH]c2c(CCF)ccc(O)c12. The highest BCUT2D eigenvalue weighted by Gasteiger charge is 2.11. The summed E-state index contributed by atoms with van der Waals surface area (Å²) in [4.78, 5) is 5.26. The maximum atomic E-state index is 12.5. The minimum Gasteiger partial charge on any atom is -0.507 e. The number of aromatic nitrogens is 1. The number of hydrogen-bond donors (Lipinski definition) is 2. The fraction of sp³-hybridized carbons (Fsp3) is 0.429. The largest absolute Gasteiger partial charge is 0.507 e. The van der Waals surface area contributed by atoms with Gasteiger partial charge in [0, 0.05) is 24.5 Å². The Hall–Kier alpha value is -1.55. The Kier molecular flexibility index (Phi) is 3.87. The minimum atomic E-state index is -0.383. The number of alkyl halides is 1. The van der Waals surface area contributed by atoms with Crippen LogP contribution in [0, 0.1) is 0 Å². The predicted octanol–water partition coefficient (Wildman–Crippen LogP) is 2.49. The average molecular weight is 250 g/mol. The first-order valence-corrected chi connectivity index (χ1v) is 6.15. The molecule has 2 N–H and O–H groups in total. The van der Waals surface area contributed by atoms with Crippen LogP contribution in [0.15, 0.2) is 18.3 Å². The molecular formula is C14H19FN2O. The van der Waals surface area contributed by atoms with Crippen LogP contribution in [-0.2, 0) is 12.8 Å². The summed E-state index contributed by atoms with van der Waals surface area (Å²) >= 11 is 0. The molecule has 0 unspecified atom stereocenters. The molecule has 0 amide bonds. The first kappa shape index (κ1) is 12.9. The van der Waals surface area contributed by atoms with Gasteiger partial charge in [0.05, 0.1) is 12.2 Å². The molecule has 0 saturated heterocycles. The van der Waals surface area contributed by atoms with Crippen molar-refractivity contribution in [2.75, 3.05) is 27.3 Å². The number of aromatic amines is 1. The van der Waals surface area contributed by atoms with Crippen LogP contribution in [-0.4, -0.2) is 42.3 Å². The lowest BCUT2D eigenvalue weighted by atomic mass is 10.0. The number of aromatic hydroxyl groups is 1. The quantitative estimate of drug-likeness (QED) is 0.855. The molecule has 2 rings (SSSR count). The zero-order chi connectivity index (χ0) is 13.1. The van der Waals surface area contributed by atoms with Crippen molar-refractivity contribution in [1.29, 1.82) is 0 Å². The molecular weight excluding hydrogens is 231 g/mol. The maximum Gasteiger partial charge on any atom is 0.125 e. The summed E-state index contributed by atoms with van der Waals surface area (Å²) in [5, 5.41) is 10.8. The van der Waals surface area contributed by atoms with E-state index in [4.69, 9.17) is 0 Å². The van der Waals surface area contributed by atoms with E-state index in [1.165, 1.54) is 0 Å². The normalized spacial score (nSPS) is 11.6. The highest BCUT2D eigenvalue weighted by atomic mass is 19.1. The number of nitrogens with one attached hydrogen (secondary N) is 1. The van der Waals surface area contributed by atoms with Gasteiger partial charge in [0.2, 0.25) is 0 Å². The highest BCUT2D eigenvalue weighted by Crippen LogP contribution is 2.31. The van der Waals surface area contributed by atoms with Gasteiger partial charge in [0.15, 0.2) is 0 Å². The number of fused-ring (bicyclic) bond motifs is 1. The van der Waals surface area contributed by atoms with Crippen molar-refractivity contribution in [2.45, 2.75) is 12.8 Å². The molecule has 0 saturated carbocycles. The van der Waals surface area contributed by atoms with Gasteiger partial charge in [-0.2, -0.15) is 0 Å². The number of aryl methyl sites for hydroxylation is 1. The lowest BCUT2D eigenvalue weighted by Crippen LogP contribution is -2.14. The van der Waals surface area contributed by atoms with E-state index < -0.39 is 0 Å². The van der Waals surface area contributed by atoms with E-state index in [0.717, 1.165) is 35.0 Å². The predicted molar refractivity (Wildman–Crippen MR) is 71.9 cm³/mol. The smallest absolute Gasteiger partial charge is 0.125 e. The van der Waals surface area contributed by atoms with E-state index in [-0.39, 0.29) is 12.4 Å². The molecule has 98 valence electrons. The Labute approximate surface area is 106 Å². The van der Waals surface area contributed by atoms with Crippen molar-refractivity contribution in [1.82, 2.24) is 9.88 Å². The van der Waals surface area contributed by atoms with E-state index in [1.807, 2.05) is 20.3 Å². The number of phenolic OH excluding ortho intramolecular Hbond substituents is 1. The molecule has 0 aliphatic heterocycles. The summed E-state index contributed by atoms with van der Waals surface area (Å²) < 4.78 is 12.5.